The minimum atomic E-state index is 1.00. The lowest BCUT2D eigenvalue weighted by Crippen LogP contribution is -2.20. The maximum atomic E-state index is 3.41. The second-order valence-electron chi connectivity index (χ2n) is 4.27. The highest BCUT2D eigenvalue weighted by Gasteiger charge is 2.17. The summed E-state index contributed by atoms with van der Waals surface area (Å²) in [6, 6.07) is 0. The van der Waals surface area contributed by atoms with Crippen LogP contribution in [0.2, 0.25) is 0 Å². The Kier molecular flexibility index (Phi) is 4.67. The van der Waals surface area contributed by atoms with E-state index < -0.39 is 0 Å². The zero-order valence-corrected chi connectivity index (χ0v) is 8.60. The van der Waals surface area contributed by atoms with Gasteiger partial charge in [0.1, 0.15) is 0 Å². The maximum Gasteiger partial charge on any atom is -0.00464 e. The molecule has 0 aromatic heterocycles. The summed E-state index contributed by atoms with van der Waals surface area (Å²) in [6.07, 6.45) is 7.30. The lowest BCUT2D eigenvalue weighted by Gasteiger charge is -2.25. The van der Waals surface area contributed by atoms with Crippen LogP contribution < -0.4 is 5.32 Å². The Labute approximate surface area is 76.9 Å². The molecule has 0 radical (unpaired) electrons. The predicted octanol–water partition coefficient (Wildman–Crippen LogP) is 2.81. The van der Waals surface area contributed by atoms with Gasteiger partial charge in [-0.05, 0) is 31.3 Å². The first-order valence-electron chi connectivity index (χ1n) is 5.53. The van der Waals surface area contributed by atoms with Crippen LogP contribution >= 0.6 is 0 Å². The monoisotopic (exact) mass is 169 g/mol. The van der Waals surface area contributed by atoms with Crippen LogP contribution in [0.4, 0.5) is 0 Å². The van der Waals surface area contributed by atoms with E-state index in [9.17, 15) is 0 Å². The lowest BCUT2D eigenvalue weighted by atomic mass is 9.81. The lowest BCUT2D eigenvalue weighted by molar-refractivity contribution is 0.276. The topological polar surface area (TPSA) is 12.0 Å². The molecule has 1 fully saturated rings. The van der Waals surface area contributed by atoms with Gasteiger partial charge in [-0.3, -0.25) is 0 Å². The van der Waals surface area contributed by atoms with Crippen LogP contribution in [0.5, 0.6) is 0 Å². The van der Waals surface area contributed by atoms with Crippen molar-refractivity contribution in [2.24, 2.45) is 11.8 Å². The highest BCUT2D eigenvalue weighted by molar-refractivity contribution is 4.70. The molecule has 1 N–H and O–H groups in total. The highest BCUT2D eigenvalue weighted by atomic mass is 14.8. The van der Waals surface area contributed by atoms with Crippen LogP contribution in [0.1, 0.15) is 46.0 Å². The molecular formula is C11H23N. The standard InChI is InChI=1S/C11H23N/c1-3-12-9-8-11-6-4-10(2)5-7-11/h10-12H,3-9H2,1-2H3. The number of hydrogen-bond acceptors (Lipinski definition) is 1. The van der Waals surface area contributed by atoms with Crippen LogP contribution in [-0.4, -0.2) is 13.1 Å². The summed E-state index contributed by atoms with van der Waals surface area (Å²) in [6.45, 7) is 6.93. The highest BCUT2D eigenvalue weighted by Crippen LogP contribution is 2.29. The van der Waals surface area contributed by atoms with E-state index in [1.54, 1.807) is 0 Å². The van der Waals surface area contributed by atoms with Gasteiger partial charge in [0.25, 0.3) is 0 Å². The molecule has 0 aromatic carbocycles. The molecule has 12 heavy (non-hydrogen) atoms. The van der Waals surface area contributed by atoms with Crippen molar-refractivity contribution in [2.75, 3.05) is 13.1 Å². The molecule has 0 heterocycles. The fraction of sp³-hybridized carbons (Fsp3) is 1.00. The Bertz CT molecular complexity index is 104. The summed E-state index contributed by atoms with van der Waals surface area (Å²) in [4.78, 5) is 0. The molecule has 0 spiro atoms. The van der Waals surface area contributed by atoms with Crippen molar-refractivity contribution in [3.8, 4) is 0 Å². The first kappa shape index (κ1) is 10.0. The van der Waals surface area contributed by atoms with E-state index in [0.717, 1.165) is 18.4 Å². The Morgan fingerprint density at radius 3 is 2.42 bits per heavy atom. The van der Waals surface area contributed by atoms with E-state index in [1.165, 1.54) is 38.6 Å². The largest absolute Gasteiger partial charge is 0.317 e. The van der Waals surface area contributed by atoms with Crippen LogP contribution in [0.3, 0.4) is 0 Å². The summed E-state index contributed by atoms with van der Waals surface area (Å²) < 4.78 is 0. The smallest absolute Gasteiger partial charge is 0.00464 e. The molecule has 0 aromatic rings. The average Bonchev–Trinajstić information content (AvgIpc) is 2.09. The van der Waals surface area contributed by atoms with Crippen molar-refractivity contribution in [3.05, 3.63) is 0 Å². The molecule has 1 heteroatoms. The van der Waals surface area contributed by atoms with Crippen LogP contribution in [0, 0.1) is 11.8 Å². The molecule has 0 saturated heterocycles. The number of nitrogens with one attached hydrogen (secondary N) is 1. The molecule has 0 bridgehead atoms. The average molecular weight is 169 g/mol. The van der Waals surface area contributed by atoms with Crippen molar-refractivity contribution in [3.63, 3.8) is 0 Å². The minimum absolute atomic E-state index is 1.00. The zero-order valence-electron chi connectivity index (χ0n) is 8.60. The van der Waals surface area contributed by atoms with Crippen molar-refractivity contribution in [1.82, 2.24) is 5.32 Å². The molecule has 1 saturated carbocycles. The van der Waals surface area contributed by atoms with Crippen molar-refractivity contribution in [2.45, 2.75) is 46.0 Å². The summed E-state index contributed by atoms with van der Waals surface area (Å²) >= 11 is 0. The van der Waals surface area contributed by atoms with Gasteiger partial charge in [0.05, 0.1) is 0 Å². The van der Waals surface area contributed by atoms with Gasteiger partial charge in [0, 0.05) is 0 Å². The Morgan fingerprint density at radius 2 is 1.83 bits per heavy atom. The van der Waals surface area contributed by atoms with Gasteiger partial charge >= 0.3 is 0 Å². The fourth-order valence-electron chi connectivity index (χ4n) is 2.10. The first-order chi connectivity index (χ1) is 5.83. The molecule has 0 amide bonds. The molecule has 1 nitrogen and oxygen atoms in total. The van der Waals surface area contributed by atoms with Gasteiger partial charge in [-0.25, -0.2) is 0 Å². The maximum absolute atomic E-state index is 3.41. The summed E-state index contributed by atoms with van der Waals surface area (Å²) in [7, 11) is 0. The van der Waals surface area contributed by atoms with Crippen molar-refractivity contribution >= 4 is 0 Å². The van der Waals surface area contributed by atoms with Crippen molar-refractivity contribution in [1.29, 1.82) is 0 Å². The normalized spacial score (nSPS) is 30.5. The van der Waals surface area contributed by atoms with Crippen molar-refractivity contribution < 1.29 is 0 Å². The van der Waals surface area contributed by atoms with Gasteiger partial charge in [-0.2, -0.15) is 0 Å². The third-order valence-electron chi connectivity index (χ3n) is 3.11. The summed E-state index contributed by atoms with van der Waals surface area (Å²) in [5.74, 6) is 2.03. The Hall–Kier alpha value is -0.0400. The second kappa shape index (κ2) is 5.58. The van der Waals surface area contributed by atoms with E-state index in [-0.39, 0.29) is 0 Å². The molecule has 0 aliphatic heterocycles. The zero-order chi connectivity index (χ0) is 8.81. The van der Waals surface area contributed by atoms with E-state index in [0.29, 0.717) is 0 Å². The third kappa shape index (κ3) is 3.57. The number of rotatable bonds is 4. The fourth-order valence-corrected chi connectivity index (χ4v) is 2.10. The van der Waals surface area contributed by atoms with Crippen LogP contribution in [-0.2, 0) is 0 Å². The Morgan fingerprint density at radius 1 is 1.17 bits per heavy atom. The van der Waals surface area contributed by atoms with Gasteiger partial charge in [-0.1, -0.05) is 39.5 Å². The first-order valence-corrected chi connectivity index (χ1v) is 5.53. The minimum Gasteiger partial charge on any atom is -0.317 e. The van der Waals surface area contributed by atoms with Crippen LogP contribution in [0.25, 0.3) is 0 Å². The van der Waals surface area contributed by atoms with Gasteiger partial charge in [0.15, 0.2) is 0 Å². The molecule has 1 rings (SSSR count). The molecule has 0 atom stereocenters. The predicted molar refractivity (Wildman–Crippen MR) is 54.3 cm³/mol. The number of hydrogen-bond donors (Lipinski definition) is 1. The Balaban J connectivity index is 2.01. The van der Waals surface area contributed by atoms with Gasteiger partial charge < -0.3 is 5.32 Å². The van der Waals surface area contributed by atoms with E-state index in [4.69, 9.17) is 0 Å². The van der Waals surface area contributed by atoms with E-state index in [2.05, 4.69) is 19.2 Å². The SMILES string of the molecule is CCNCCC1CCC(C)CC1. The molecule has 72 valence electrons. The van der Waals surface area contributed by atoms with Crippen LogP contribution in [0.15, 0.2) is 0 Å². The van der Waals surface area contributed by atoms with Gasteiger partial charge in [0.2, 0.25) is 0 Å². The molecule has 0 unspecified atom stereocenters. The molecular weight excluding hydrogens is 146 g/mol. The molecule has 1 aliphatic rings. The van der Waals surface area contributed by atoms with Gasteiger partial charge in [-0.15, -0.1) is 0 Å². The third-order valence-corrected chi connectivity index (χ3v) is 3.11. The molecule has 1 aliphatic carbocycles. The summed E-state index contributed by atoms with van der Waals surface area (Å²) in [5.41, 5.74) is 0. The van der Waals surface area contributed by atoms with E-state index in [1.807, 2.05) is 0 Å². The quantitative estimate of drug-likeness (QED) is 0.638. The second-order valence-corrected chi connectivity index (χ2v) is 4.27. The van der Waals surface area contributed by atoms with E-state index >= 15 is 0 Å². The summed E-state index contributed by atoms with van der Waals surface area (Å²) in [5, 5.41) is 3.41.